The van der Waals surface area contributed by atoms with Crippen LogP contribution in [0.3, 0.4) is 0 Å². The zero-order valence-electron chi connectivity index (χ0n) is 12.5. The van der Waals surface area contributed by atoms with Crippen LogP contribution in [0, 0.1) is 6.92 Å². The Morgan fingerprint density at radius 1 is 1.32 bits per heavy atom. The summed E-state index contributed by atoms with van der Waals surface area (Å²) in [7, 11) is 1.84. The molecule has 2 aromatic rings. The zero-order chi connectivity index (χ0) is 15.9. The number of nitrogens with one attached hydrogen (secondary N) is 2. The molecule has 1 amide bonds. The van der Waals surface area contributed by atoms with E-state index in [0.717, 1.165) is 23.0 Å². The number of thiazole rings is 1. The number of rotatable bonds is 7. The van der Waals surface area contributed by atoms with E-state index in [4.69, 9.17) is 16.3 Å². The second-order valence-electron chi connectivity index (χ2n) is 4.62. The number of carbonyl (C=O) groups excluding carboxylic acids is 1. The Bertz CT molecular complexity index is 628. The van der Waals surface area contributed by atoms with Crippen molar-refractivity contribution < 1.29 is 9.53 Å². The van der Waals surface area contributed by atoms with Crippen LogP contribution in [0.4, 0.5) is 0 Å². The van der Waals surface area contributed by atoms with Crippen molar-refractivity contribution in [2.24, 2.45) is 0 Å². The van der Waals surface area contributed by atoms with Gasteiger partial charge in [-0.25, -0.2) is 4.98 Å². The highest BCUT2D eigenvalue weighted by atomic mass is 35.5. The topological polar surface area (TPSA) is 63.2 Å². The Morgan fingerprint density at radius 2 is 2.05 bits per heavy atom. The number of carbonyl (C=O) groups is 1. The molecular weight excluding hydrogens is 322 g/mol. The molecule has 0 radical (unpaired) electrons. The quantitative estimate of drug-likeness (QED) is 0.761. The lowest BCUT2D eigenvalue weighted by molar-refractivity contribution is 0.0957. The van der Waals surface area contributed by atoms with Crippen molar-refractivity contribution in [3.8, 4) is 5.75 Å². The van der Waals surface area contributed by atoms with E-state index in [1.807, 2.05) is 14.0 Å². The second kappa shape index (κ2) is 8.12. The summed E-state index contributed by atoms with van der Waals surface area (Å²) in [5, 5.41) is 7.26. The van der Waals surface area contributed by atoms with Crippen molar-refractivity contribution in [2.45, 2.75) is 13.5 Å². The highest BCUT2D eigenvalue weighted by Crippen LogP contribution is 2.21. The van der Waals surface area contributed by atoms with E-state index in [9.17, 15) is 4.79 Å². The molecule has 5 nitrogen and oxygen atoms in total. The zero-order valence-corrected chi connectivity index (χ0v) is 14.1. The highest BCUT2D eigenvalue weighted by Gasteiger charge is 2.15. The van der Waals surface area contributed by atoms with Crippen LogP contribution >= 0.6 is 22.9 Å². The van der Waals surface area contributed by atoms with Crippen LogP contribution in [0.1, 0.15) is 20.4 Å². The van der Waals surface area contributed by atoms with E-state index in [1.165, 1.54) is 11.3 Å². The normalized spacial score (nSPS) is 10.5. The number of aromatic nitrogens is 1. The van der Waals surface area contributed by atoms with Crippen LogP contribution in [0.25, 0.3) is 0 Å². The maximum atomic E-state index is 12.0. The lowest BCUT2D eigenvalue weighted by atomic mass is 10.3. The second-order valence-corrected chi connectivity index (χ2v) is 6.14. The van der Waals surface area contributed by atoms with Gasteiger partial charge in [0.15, 0.2) is 0 Å². The first-order valence-corrected chi connectivity index (χ1v) is 8.07. The van der Waals surface area contributed by atoms with Crippen LogP contribution in [-0.2, 0) is 6.61 Å². The Balaban J connectivity index is 1.94. The van der Waals surface area contributed by atoms with Crippen LogP contribution in [0.5, 0.6) is 5.75 Å². The van der Waals surface area contributed by atoms with Gasteiger partial charge in [0.1, 0.15) is 22.2 Å². The Labute approximate surface area is 138 Å². The number of nitrogens with zero attached hydrogens (tertiary/aromatic N) is 1. The molecule has 0 fully saturated rings. The van der Waals surface area contributed by atoms with E-state index >= 15 is 0 Å². The van der Waals surface area contributed by atoms with Crippen molar-refractivity contribution in [3.05, 3.63) is 44.9 Å². The predicted molar refractivity (Wildman–Crippen MR) is 88.9 cm³/mol. The fourth-order valence-electron chi connectivity index (χ4n) is 1.78. The number of aryl methyl sites for hydroxylation is 1. The molecular formula is C15H18ClN3O2S. The minimum Gasteiger partial charge on any atom is -0.486 e. The van der Waals surface area contributed by atoms with Gasteiger partial charge in [0.05, 0.1) is 5.69 Å². The SMILES string of the molecule is CNCCNC(=O)c1sc(COc2ccc(Cl)cc2)nc1C. The van der Waals surface area contributed by atoms with Gasteiger partial charge in [-0.3, -0.25) is 4.79 Å². The van der Waals surface area contributed by atoms with Crippen molar-refractivity contribution in [1.82, 2.24) is 15.6 Å². The van der Waals surface area contributed by atoms with Crippen LogP contribution in [0.15, 0.2) is 24.3 Å². The summed E-state index contributed by atoms with van der Waals surface area (Å²) >= 11 is 7.18. The van der Waals surface area contributed by atoms with Gasteiger partial charge in [0.25, 0.3) is 5.91 Å². The molecule has 22 heavy (non-hydrogen) atoms. The number of likely N-dealkylation sites (N-methyl/N-ethyl adjacent to an activating group) is 1. The third-order valence-corrected chi connectivity index (χ3v) is 4.27. The molecule has 0 spiro atoms. The van der Waals surface area contributed by atoms with Crippen LogP contribution < -0.4 is 15.4 Å². The molecule has 0 aliphatic carbocycles. The standard InChI is InChI=1S/C15H18ClN3O2S/c1-10-14(15(20)18-8-7-17-2)22-13(19-10)9-21-12-5-3-11(16)4-6-12/h3-6,17H,7-9H2,1-2H3,(H,18,20). The summed E-state index contributed by atoms with van der Waals surface area (Å²) in [6.07, 6.45) is 0. The van der Waals surface area contributed by atoms with Crippen LogP contribution in [-0.4, -0.2) is 31.0 Å². The average Bonchev–Trinajstić information content (AvgIpc) is 2.88. The smallest absolute Gasteiger partial charge is 0.263 e. The van der Waals surface area contributed by atoms with E-state index in [1.54, 1.807) is 24.3 Å². The number of benzene rings is 1. The minimum absolute atomic E-state index is 0.0945. The maximum absolute atomic E-state index is 12.0. The summed E-state index contributed by atoms with van der Waals surface area (Å²) in [4.78, 5) is 17.1. The molecule has 0 bridgehead atoms. The molecule has 0 saturated heterocycles. The van der Waals surface area contributed by atoms with Gasteiger partial charge in [-0.1, -0.05) is 11.6 Å². The Hall–Kier alpha value is -1.63. The fraction of sp³-hybridized carbons (Fsp3) is 0.333. The molecule has 0 unspecified atom stereocenters. The Kier molecular flexibility index (Phi) is 6.18. The van der Waals surface area contributed by atoms with Crippen molar-refractivity contribution in [2.75, 3.05) is 20.1 Å². The van der Waals surface area contributed by atoms with Crippen molar-refractivity contribution in [1.29, 1.82) is 0 Å². The van der Waals surface area contributed by atoms with E-state index in [0.29, 0.717) is 23.1 Å². The van der Waals surface area contributed by atoms with Gasteiger partial charge in [-0.05, 0) is 38.2 Å². The molecule has 0 atom stereocenters. The molecule has 7 heteroatoms. The molecule has 1 aromatic carbocycles. The number of ether oxygens (including phenoxy) is 1. The number of hydrogen-bond donors (Lipinski definition) is 2. The minimum atomic E-state index is -0.0945. The summed E-state index contributed by atoms with van der Waals surface area (Å²) in [5.74, 6) is 0.625. The van der Waals surface area contributed by atoms with E-state index in [2.05, 4.69) is 15.6 Å². The summed E-state index contributed by atoms with van der Waals surface area (Å²) in [5.41, 5.74) is 0.724. The van der Waals surface area contributed by atoms with Gasteiger partial charge in [-0.15, -0.1) is 11.3 Å². The third-order valence-electron chi connectivity index (χ3n) is 2.88. The van der Waals surface area contributed by atoms with Gasteiger partial charge < -0.3 is 15.4 Å². The molecule has 2 N–H and O–H groups in total. The molecule has 0 aliphatic rings. The van der Waals surface area contributed by atoms with Gasteiger partial charge >= 0.3 is 0 Å². The maximum Gasteiger partial charge on any atom is 0.263 e. The van der Waals surface area contributed by atoms with Gasteiger partial charge in [-0.2, -0.15) is 0 Å². The molecule has 1 aromatic heterocycles. The first-order chi connectivity index (χ1) is 10.6. The molecule has 1 heterocycles. The lowest BCUT2D eigenvalue weighted by Gasteiger charge is -2.03. The first kappa shape index (κ1) is 16.7. The lowest BCUT2D eigenvalue weighted by Crippen LogP contribution is -2.30. The van der Waals surface area contributed by atoms with Crippen molar-refractivity contribution >= 4 is 28.8 Å². The monoisotopic (exact) mass is 339 g/mol. The molecule has 0 aliphatic heterocycles. The number of hydrogen-bond acceptors (Lipinski definition) is 5. The van der Waals surface area contributed by atoms with E-state index < -0.39 is 0 Å². The molecule has 2 rings (SSSR count). The van der Waals surface area contributed by atoms with Gasteiger partial charge in [0.2, 0.25) is 0 Å². The van der Waals surface area contributed by atoms with Crippen LogP contribution in [0.2, 0.25) is 5.02 Å². The fourth-order valence-corrected chi connectivity index (χ4v) is 2.80. The van der Waals surface area contributed by atoms with Crippen molar-refractivity contribution in [3.63, 3.8) is 0 Å². The molecule has 118 valence electrons. The summed E-state index contributed by atoms with van der Waals surface area (Å²) < 4.78 is 5.64. The highest BCUT2D eigenvalue weighted by molar-refractivity contribution is 7.13. The molecule has 0 saturated carbocycles. The number of halogens is 1. The average molecular weight is 340 g/mol. The van der Waals surface area contributed by atoms with Gasteiger partial charge in [0, 0.05) is 18.1 Å². The summed E-state index contributed by atoms with van der Waals surface area (Å²) in [6, 6.07) is 7.14. The van der Waals surface area contributed by atoms with E-state index in [-0.39, 0.29) is 5.91 Å². The summed E-state index contributed by atoms with van der Waals surface area (Å²) in [6.45, 7) is 3.48. The third kappa shape index (κ3) is 4.69. The Morgan fingerprint density at radius 3 is 2.73 bits per heavy atom. The largest absolute Gasteiger partial charge is 0.486 e. The first-order valence-electron chi connectivity index (χ1n) is 6.87. The number of amides is 1. The predicted octanol–water partition coefficient (Wildman–Crippen LogP) is 2.63.